The van der Waals surface area contributed by atoms with Gasteiger partial charge in [-0.15, -0.1) is 0 Å². The van der Waals surface area contributed by atoms with Crippen LogP contribution in [0.2, 0.25) is 0 Å². The summed E-state index contributed by atoms with van der Waals surface area (Å²) in [5.41, 5.74) is 0.591. The van der Waals surface area contributed by atoms with Crippen LogP contribution in [0, 0.1) is 23.7 Å². The number of esters is 1. The van der Waals surface area contributed by atoms with Crippen LogP contribution in [0.1, 0.15) is 119 Å². The molecule has 1 heterocycles. The Bertz CT molecular complexity index is 2190. The van der Waals surface area contributed by atoms with Crippen molar-refractivity contribution in [3.05, 3.63) is 54.1 Å². The van der Waals surface area contributed by atoms with Crippen LogP contribution in [0.15, 0.2) is 48.6 Å². The highest BCUT2D eigenvalue weighted by Crippen LogP contribution is 2.18. The van der Waals surface area contributed by atoms with E-state index in [2.05, 4.69) is 44.1 Å². The molecule has 23 nitrogen and oxygen atoms in total. The molecule has 0 fully saturated rings. The monoisotopic (exact) mass is 1100 g/mol. The molecule has 8 amide bonds. The number of ether oxygens (including phenoxy) is 1. The summed E-state index contributed by atoms with van der Waals surface area (Å²) in [4.78, 5) is 122. The predicted molar refractivity (Wildman–Crippen MR) is 289 cm³/mol. The topological polar surface area (TPSA) is 351 Å². The number of nitrogens with zero attached hydrogens (tertiary/aromatic N) is 1. The number of allylic oxidation sites excluding steroid dienone is 1. The number of carbonyl (C=O) groups excluding carboxylic acids is 9. The highest BCUT2D eigenvalue weighted by atomic mass is 16.5. The van der Waals surface area contributed by atoms with E-state index < -0.39 is 164 Å². The third-order valence-electron chi connectivity index (χ3n) is 13.2. The number of hydrogen-bond donors (Lipinski definition) is 12. The Labute approximate surface area is 458 Å². The molecule has 23 heteroatoms. The highest BCUT2D eigenvalue weighted by Gasteiger charge is 2.37. The minimum Gasteiger partial charge on any atom is -0.508 e. The number of nitrogens with one attached hydrogen (secondary N) is 7. The van der Waals surface area contributed by atoms with Gasteiger partial charge in [0.05, 0.1) is 56.4 Å². The second-order valence-corrected chi connectivity index (χ2v) is 21.2. The van der Waals surface area contributed by atoms with E-state index in [1.54, 1.807) is 73.6 Å². The first kappa shape index (κ1) is 67.7. The summed E-state index contributed by atoms with van der Waals surface area (Å²) in [6.07, 6.45) is 6.45. The fourth-order valence-corrected chi connectivity index (χ4v) is 8.25. The number of phenols is 1. The van der Waals surface area contributed by atoms with Crippen molar-refractivity contribution in [1.82, 2.24) is 42.1 Å². The first-order valence-corrected chi connectivity index (χ1v) is 27.0. The van der Waals surface area contributed by atoms with Crippen molar-refractivity contribution in [2.24, 2.45) is 23.7 Å². The largest absolute Gasteiger partial charge is 0.508 e. The van der Waals surface area contributed by atoms with Gasteiger partial charge < -0.3 is 72.4 Å². The van der Waals surface area contributed by atoms with Crippen molar-refractivity contribution in [1.29, 1.82) is 0 Å². The molecule has 1 aromatic rings. The van der Waals surface area contributed by atoms with Gasteiger partial charge in [0.2, 0.25) is 47.3 Å². The number of benzene rings is 1. The van der Waals surface area contributed by atoms with Crippen molar-refractivity contribution < 1.29 is 73.4 Å². The number of rotatable bonds is 30. The van der Waals surface area contributed by atoms with E-state index >= 15 is 0 Å². The highest BCUT2D eigenvalue weighted by molar-refractivity contribution is 5.95. The van der Waals surface area contributed by atoms with Gasteiger partial charge in [-0.25, -0.2) is 4.79 Å². The molecular weight excluding hydrogens is 1010 g/mol. The number of unbranched alkanes of at least 4 members (excludes halogenated alkanes) is 4. The molecule has 2 rings (SSSR count). The van der Waals surface area contributed by atoms with Crippen LogP contribution in [0.4, 0.5) is 0 Å². The second kappa shape index (κ2) is 34.5. The quantitative estimate of drug-likeness (QED) is 0.0280. The maximum atomic E-state index is 13.8. The van der Waals surface area contributed by atoms with E-state index in [-0.39, 0.29) is 24.5 Å². The molecule has 12 N–H and O–H groups in total. The van der Waals surface area contributed by atoms with E-state index in [1.807, 2.05) is 6.08 Å². The zero-order chi connectivity index (χ0) is 58.8. The summed E-state index contributed by atoms with van der Waals surface area (Å²) >= 11 is 0. The zero-order valence-corrected chi connectivity index (χ0v) is 47.0. The lowest BCUT2D eigenvalue weighted by atomic mass is 9.99. The first-order chi connectivity index (χ1) is 36.7. The van der Waals surface area contributed by atoms with Gasteiger partial charge in [-0.3, -0.25) is 38.4 Å². The first-order valence-electron chi connectivity index (χ1n) is 27.0. The number of amides is 8. The van der Waals surface area contributed by atoms with Crippen LogP contribution < -0.4 is 37.2 Å². The molecule has 0 spiro atoms. The summed E-state index contributed by atoms with van der Waals surface area (Å²) in [7, 11) is 1.41. The number of hydrogen-bond acceptors (Lipinski definition) is 15. The molecule has 1 aromatic carbocycles. The standard InChI is InChI=1S/C55H88N8O15/c1-11-12-13-14-15-16-17-18-43(69)59-48(32(4)5)52(74)57-38(28-64)42(68)27-46(72)62-49(33(6)7)53(75)58-39(29-65)41(67)26-45(71)61-47(31(2)3)51(73)56-36-21-24-44(70)60-50(34(8)9)54(76)63(10)40(55(77)78-30-36)25-35-19-22-37(66)23-20-35/h16-17,19-24,31-34,36,38-42,47-50,64-68H,11-15,18,25-30H2,1-10H3,(H,56,73)(H,57,74)(H,58,75)(H,59,69)(H,60,70)(H,61,71)(H,62,72)/t36-,38+,39+,40+,41+,42+,47+,48+,49+,50+/m1/s1. The van der Waals surface area contributed by atoms with Crippen molar-refractivity contribution in [2.75, 3.05) is 26.9 Å². The minimum absolute atomic E-state index is 0.00733. The van der Waals surface area contributed by atoms with E-state index in [4.69, 9.17) is 4.74 Å². The summed E-state index contributed by atoms with van der Waals surface area (Å²) in [6.45, 7) is 13.3. The molecule has 1 aliphatic heterocycles. The van der Waals surface area contributed by atoms with Gasteiger partial charge in [0.25, 0.3) is 0 Å². The maximum Gasteiger partial charge on any atom is 0.329 e. The minimum atomic E-state index is -1.73. The molecule has 0 bridgehead atoms. The molecule has 0 unspecified atom stereocenters. The Morgan fingerprint density at radius 2 is 1.21 bits per heavy atom. The third kappa shape index (κ3) is 23.3. The fourth-order valence-electron chi connectivity index (χ4n) is 8.25. The van der Waals surface area contributed by atoms with Gasteiger partial charge in [0.1, 0.15) is 42.6 Å². The van der Waals surface area contributed by atoms with Crippen LogP contribution in [0.3, 0.4) is 0 Å². The molecular formula is C55H88N8O15. The van der Waals surface area contributed by atoms with Crippen LogP contribution in [0.5, 0.6) is 5.75 Å². The maximum absolute atomic E-state index is 13.8. The molecule has 438 valence electrons. The smallest absolute Gasteiger partial charge is 0.329 e. The molecule has 0 saturated heterocycles. The number of aliphatic hydroxyl groups excluding tert-OH is 4. The van der Waals surface area contributed by atoms with Crippen LogP contribution in [-0.2, 0) is 54.3 Å². The van der Waals surface area contributed by atoms with Gasteiger partial charge >= 0.3 is 5.97 Å². The molecule has 0 radical (unpaired) electrons. The number of carbonyl (C=O) groups is 9. The Morgan fingerprint density at radius 1 is 0.705 bits per heavy atom. The Balaban J connectivity index is 2.11. The summed E-state index contributed by atoms with van der Waals surface area (Å²) in [5, 5.41) is 70.2. The van der Waals surface area contributed by atoms with Crippen LogP contribution in [0.25, 0.3) is 0 Å². The Hall–Kier alpha value is -6.43. The van der Waals surface area contributed by atoms with E-state index in [0.717, 1.165) is 38.2 Å². The SMILES string of the molecule is CCCCCCC=CCC(=O)N[C@H](C(=O)N[C@@H](CO)[C@@H](O)CC(=O)N[C@H](C(=O)N[C@@H](CO)[C@@H](O)CC(=O)N[C@H](C(=O)N[C@@H]1C=CC(=O)N[C@@H](C(C)C)C(=O)N(C)[C@@H](Cc2ccc(O)cc2)C(=O)OC1)C(C)C)C(C)C)C(C)C. The lowest BCUT2D eigenvalue weighted by molar-refractivity contribution is -0.156. The fraction of sp³-hybridized carbons (Fsp3) is 0.655. The lowest BCUT2D eigenvalue weighted by Crippen LogP contribution is -2.58. The predicted octanol–water partition coefficient (Wildman–Crippen LogP) is 0.296. The van der Waals surface area contributed by atoms with Crippen molar-refractivity contribution in [3.8, 4) is 5.75 Å². The number of aliphatic hydroxyl groups is 4. The van der Waals surface area contributed by atoms with Crippen molar-refractivity contribution in [3.63, 3.8) is 0 Å². The lowest BCUT2D eigenvalue weighted by Gasteiger charge is -2.32. The molecule has 1 aliphatic rings. The number of likely N-dealkylation sites (N-methyl/N-ethyl adjacent to an activating group) is 1. The van der Waals surface area contributed by atoms with Crippen LogP contribution in [-0.4, -0.2) is 171 Å². The molecule has 0 aliphatic carbocycles. The van der Waals surface area contributed by atoms with E-state index in [9.17, 15) is 68.7 Å². The van der Waals surface area contributed by atoms with Gasteiger partial charge in [-0.1, -0.05) is 112 Å². The molecule has 0 aromatic heterocycles. The molecule has 78 heavy (non-hydrogen) atoms. The number of aromatic hydroxyl groups is 1. The third-order valence-corrected chi connectivity index (χ3v) is 13.2. The van der Waals surface area contributed by atoms with Gasteiger partial charge in [-0.2, -0.15) is 0 Å². The summed E-state index contributed by atoms with van der Waals surface area (Å²) in [6, 6.07) is -3.73. The van der Waals surface area contributed by atoms with Gasteiger partial charge in [0.15, 0.2) is 0 Å². The number of cyclic esters (lactones) is 1. The zero-order valence-electron chi connectivity index (χ0n) is 47.0. The van der Waals surface area contributed by atoms with Crippen molar-refractivity contribution >= 4 is 53.2 Å². The van der Waals surface area contributed by atoms with Crippen LogP contribution >= 0.6 is 0 Å². The van der Waals surface area contributed by atoms with Crippen molar-refractivity contribution in [2.45, 2.75) is 181 Å². The average Bonchev–Trinajstić information content (AvgIpc) is 3.38. The van der Waals surface area contributed by atoms with Gasteiger partial charge in [-0.05, 0) is 54.2 Å². The molecule has 10 atom stereocenters. The molecule has 0 saturated carbocycles. The Morgan fingerprint density at radius 3 is 1.68 bits per heavy atom. The second-order valence-electron chi connectivity index (χ2n) is 21.2. The van der Waals surface area contributed by atoms with Gasteiger partial charge in [0, 0.05) is 26.0 Å². The average molecular weight is 1100 g/mol. The normalized spacial score (nSPS) is 19.1. The van der Waals surface area contributed by atoms with E-state index in [0.29, 0.717) is 5.56 Å². The van der Waals surface area contributed by atoms with E-state index in [1.165, 1.54) is 30.2 Å². The Kier molecular flexibility index (Phi) is 29.9. The number of phenolic OH excluding ortho intramolecular Hbond substituents is 1. The summed E-state index contributed by atoms with van der Waals surface area (Å²) in [5.74, 6) is -8.46. The summed E-state index contributed by atoms with van der Waals surface area (Å²) < 4.78 is 5.64.